The van der Waals surface area contributed by atoms with Gasteiger partial charge in [0, 0.05) is 33.8 Å². The number of esters is 1. The summed E-state index contributed by atoms with van der Waals surface area (Å²) in [5.74, 6) is -3.83. The average Bonchev–Trinajstić information content (AvgIpc) is 3.62. The van der Waals surface area contributed by atoms with E-state index >= 15 is 9.59 Å². The Morgan fingerprint density at radius 3 is 2.18 bits per heavy atom. The number of aryl methyl sites for hydroxylation is 2. The van der Waals surface area contributed by atoms with Gasteiger partial charge in [-0.1, -0.05) is 126 Å². The van der Waals surface area contributed by atoms with Crippen LogP contribution in [0.3, 0.4) is 0 Å². The molecule has 1 spiro atoms. The normalized spacial score (nSPS) is 20.9. The largest absolute Gasteiger partial charge is 0.465 e. The van der Waals surface area contributed by atoms with Crippen molar-refractivity contribution in [2.24, 2.45) is 5.92 Å². The average molecular weight is 659 g/mol. The minimum absolute atomic E-state index is 0.134. The van der Waals surface area contributed by atoms with Gasteiger partial charge in [-0.15, -0.1) is 0 Å². The van der Waals surface area contributed by atoms with Crippen LogP contribution in [0, 0.1) is 19.8 Å². The third-order valence-electron chi connectivity index (χ3n) is 10.6. The number of hydrogen-bond donors (Lipinski definition) is 1. The molecule has 1 aliphatic heterocycles. The number of aromatic amines is 1. The second-order valence-corrected chi connectivity index (χ2v) is 13.5. The van der Waals surface area contributed by atoms with Crippen LogP contribution >= 0.6 is 0 Å². The third-order valence-corrected chi connectivity index (χ3v) is 10.6. The molecule has 50 heavy (non-hydrogen) atoms. The molecule has 1 aromatic heterocycles. The SMILES string of the molecule is CCOC(=O)[C@@H]1c2[nH]c3ccccc3c2[C@@H](c2ccccc2)[C@]2(C(=O)N(Cc3ccccc3)c3ccc(C)cc32)[C@H]1C(=O)c1ccc(C)cc1. The summed E-state index contributed by atoms with van der Waals surface area (Å²) in [4.78, 5) is 51.5. The number of rotatable bonds is 7. The fourth-order valence-corrected chi connectivity index (χ4v) is 8.56. The number of anilines is 1. The Morgan fingerprint density at radius 2 is 1.46 bits per heavy atom. The Balaban J connectivity index is 1.53. The van der Waals surface area contributed by atoms with E-state index in [4.69, 9.17) is 4.74 Å². The first-order chi connectivity index (χ1) is 24.3. The van der Waals surface area contributed by atoms with Crippen LogP contribution in [-0.2, 0) is 26.3 Å². The fourth-order valence-electron chi connectivity index (χ4n) is 8.56. The Kier molecular flexibility index (Phi) is 7.75. The molecule has 0 bridgehead atoms. The van der Waals surface area contributed by atoms with Crippen molar-refractivity contribution in [3.8, 4) is 0 Å². The van der Waals surface area contributed by atoms with Crippen molar-refractivity contribution in [3.05, 3.63) is 172 Å². The van der Waals surface area contributed by atoms with Crippen LogP contribution in [0.5, 0.6) is 0 Å². The Morgan fingerprint density at radius 1 is 0.800 bits per heavy atom. The molecule has 0 saturated heterocycles. The van der Waals surface area contributed by atoms with Crippen LogP contribution in [0.2, 0.25) is 0 Å². The molecule has 1 amide bonds. The van der Waals surface area contributed by atoms with E-state index < -0.39 is 29.1 Å². The Hall–Kier alpha value is -5.75. The van der Waals surface area contributed by atoms with Crippen molar-refractivity contribution in [2.75, 3.05) is 11.5 Å². The number of amides is 1. The molecule has 6 aromatic rings. The van der Waals surface area contributed by atoms with Gasteiger partial charge in [0.25, 0.3) is 0 Å². The second-order valence-electron chi connectivity index (χ2n) is 13.5. The number of benzene rings is 5. The number of hydrogen-bond acceptors (Lipinski definition) is 4. The summed E-state index contributed by atoms with van der Waals surface area (Å²) in [5, 5.41) is 0.912. The molecule has 0 unspecified atom stereocenters. The van der Waals surface area contributed by atoms with Crippen LogP contribution in [-0.4, -0.2) is 29.3 Å². The zero-order valence-corrected chi connectivity index (χ0v) is 28.4. The van der Waals surface area contributed by atoms with Crippen molar-refractivity contribution < 1.29 is 19.1 Å². The molecule has 1 aliphatic carbocycles. The van der Waals surface area contributed by atoms with Crippen molar-refractivity contribution in [1.82, 2.24) is 4.98 Å². The highest BCUT2D eigenvalue weighted by atomic mass is 16.5. The molecule has 6 nitrogen and oxygen atoms in total. The quantitative estimate of drug-likeness (QED) is 0.138. The molecule has 0 radical (unpaired) electrons. The minimum atomic E-state index is -1.51. The molecular formula is C44H38N2O4. The van der Waals surface area contributed by atoms with E-state index in [0.29, 0.717) is 17.8 Å². The molecule has 8 rings (SSSR count). The summed E-state index contributed by atoms with van der Waals surface area (Å²) in [6, 6.07) is 41.4. The number of nitrogens with one attached hydrogen (secondary N) is 1. The van der Waals surface area contributed by atoms with E-state index in [-0.39, 0.29) is 18.3 Å². The lowest BCUT2D eigenvalue weighted by molar-refractivity contribution is -0.147. The number of ether oxygens (including phenoxy) is 1. The van der Waals surface area contributed by atoms with Crippen LogP contribution in [0.15, 0.2) is 127 Å². The number of Topliss-reactive ketones (excluding diaryl/α,β-unsaturated/α-hetero) is 1. The molecular weight excluding hydrogens is 620 g/mol. The number of H-pyrrole nitrogens is 1. The number of carbonyl (C=O) groups excluding carboxylic acids is 3. The molecule has 5 aromatic carbocycles. The molecule has 6 heteroatoms. The van der Waals surface area contributed by atoms with E-state index in [1.54, 1.807) is 6.92 Å². The summed E-state index contributed by atoms with van der Waals surface area (Å²) in [6.07, 6.45) is 0. The highest BCUT2D eigenvalue weighted by Crippen LogP contribution is 2.65. The van der Waals surface area contributed by atoms with Gasteiger partial charge in [-0.25, -0.2) is 0 Å². The van der Waals surface area contributed by atoms with Crippen molar-refractivity contribution in [3.63, 3.8) is 0 Å². The minimum Gasteiger partial charge on any atom is -0.465 e. The van der Waals surface area contributed by atoms with Crippen molar-refractivity contribution in [2.45, 2.75) is 44.6 Å². The summed E-state index contributed by atoms with van der Waals surface area (Å²) in [7, 11) is 0. The maximum atomic E-state index is 16.0. The Labute approximate surface area is 291 Å². The van der Waals surface area contributed by atoms with Gasteiger partial charge in [0.2, 0.25) is 5.91 Å². The summed E-state index contributed by atoms with van der Waals surface area (Å²) in [5.41, 5.74) is 6.58. The number of fused-ring (bicyclic) bond motifs is 5. The number of ketones is 1. The van der Waals surface area contributed by atoms with Gasteiger partial charge in [0.05, 0.1) is 24.5 Å². The molecule has 2 heterocycles. The van der Waals surface area contributed by atoms with Crippen LogP contribution < -0.4 is 4.90 Å². The standard InChI is InChI=1S/C44H38N2O4/c1-4-50-42(48)37-39(41(47)31-22-19-27(2)20-23-31)44(33-25-28(3)21-24-35(33)46(43(44)49)26-29-13-7-5-8-14-29)38(30-15-9-6-10-16-30)36-32-17-11-12-18-34(32)45-40(36)37/h5-25,37-39,45H,4,26H2,1-3H3/t37-,38+,39+,44-/m0/s1. The highest BCUT2D eigenvalue weighted by molar-refractivity contribution is 6.16. The molecule has 1 N–H and O–H groups in total. The van der Waals surface area contributed by atoms with Gasteiger partial charge < -0.3 is 14.6 Å². The lowest BCUT2D eigenvalue weighted by Crippen LogP contribution is -2.58. The van der Waals surface area contributed by atoms with Gasteiger partial charge in [0.1, 0.15) is 5.92 Å². The first-order valence-corrected chi connectivity index (χ1v) is 17.2. The van der Waals surface area contributed by atoms with Gasteiger partial charge in [-0.3, -0.25) is 14.4 Å². The first kappa shape index (κ1) is 31.5. The topological polar surface area (TPSA) is 79.5 Å². The zero-order valence-electron chi connectivity index (χ0n) is 28.4. The number of aromatic nitrogens is 1. The van der Waals surface area contributed by atoms with Crippen LogP contribution in [0.4, 0.5) is 5.69 Å². The lowest BCUT2D eigenvalue weighted by atomic mass is 9.50. The van der Waals surface area contributed by atoms with Crippen molar-refractivity contribution >= 4 is 34.3 Å². The zero-order chi connectivity index (χ0) is 34.6. The Bertz CT molecular complexity index is 2260. The van der Waals surface area contributed by atoms with Gasteiger partial charge in [-0.2, -0.15) is 0 Å². The molecule has 2 aliphatic rings. The summed E-state index contributed by atoms with van der Waals surface area (Å²) < 4.78 is 5.85. The molecule has 4 atom stereocenters. The van der Waals surface area contributed by atoms with E-state index in [1.165, 1.54) is 0 Å². The third kappa shape index (κ3) is 4.73. The van der Waals surface area contributed by atoms with E-state index in [2.05, 4.69) is 11.1 Å². The fraction of sp³-hybridized carbons (Fsp3) is 0.205. The molecule has 0 fully saturated rings. The number of nitrogens with zero attached hydrogens (tertiary/aromatic N) is 1. The van der Waals surface area contributed by atoms with Crippen LogP contribution in [0.25, 0.3) is 10.9 Å². The maximum Gasteiger partial charge on any atom is 0.315 e. The van der Waals surface area contributed by atoms with E-state index in [1.807, 2.05) is 140 Å². The maximum absolute atomic E-state index is 16.0. The first-order valence-electron chi connectivity index (χ1n) is 17.2. The monoisotopic (exact) mass is 658 g/mol. The molecule has 248 valence electrons. The summed E-state index contributed by atoms with van der Waals surface area (Å²) in [6.45, 7) is 6.20. The van der Waals surface area contributed by atoms with Gasteiger partial charge in [0.15, 0.2) is 5.78 Å². The van der Waals surface area contributed by atoms with E-state index in [0.717, 1.165) is 50.0 Å². The van der Waals surface area contributed by atoms with Gasteiger partial charge in [-0.05, 0) is 55.2 Å². The molecule has 0 saturated carbocycles. The van der Waals surface area contributed by atoms with E-state index in [9.17, 15) is 4.79 Å². The number of para-hydroxylation sites is 1. The van der Waals surface area contributed by atoms with Crippen LogP contribution in [0.1, 0.15) is 68.2 Å². The smallest absolute Gasteiger partial charge is 0.315 e. The lowest BCUT2D eigenvalue weighted by Gasteiger charge is -2.48. The highest BCUT2D eigenvalue weighted by Gasteiger charge is 2.68. The predicted octanol–water partition coefficient (Wildman–Crippen LogP) is 8.56. The van der Waals surface area contributed by atoms with Gasteiger partial charge >= 0.3 is 5.97 Å². The number of carbonyl (C=O) groups is 3. The predicted molar refractivity (Wildman–Crippen MR) is 195 cm³/mol. The summed E-state index contributed by atoms with van der Waals surface area (Å²) >= 11 is 0. The van der Waals surface area contributed by atoms with Crippen molar-refractivity contribution in [1.29, 1.82) is 0 Å². The second kappa shape index (κ2) is 12.3.